The molecule has 8 heteroatoms. The van der Waals surface area contributed by atoms with Gasteiger partial charge in [0, 0.05) is 0 Å². The van der Waals surface area contributed by atoms with E-state index in [-0.39, 0.29) is 0 Å². The van der Waals surface area contributed by atoms with E-state index in [9.17, 15) is 18.0 Å². The largest absolute Gasteiger partial charge is 0.451 e. The monoisotopic (exact) mass is 414 g/mol. The lowest BCUT2D eigenvalue weighted by molar-refractivity contribution is -0.165. The van der Waals surface area contributed by atoms with Crippen molar-refractivity contribution < 1.29 is 22.7 Å². The SMILES string of the molecule is CC1(C)[C@H](C(=O)OC(c2ccccc2)c2ccccc2)N2C(=O)[C@@H](N)[C@H]2S1(=O)=O. The van der Waals surface area contributed by atoms with E-state index in [2.05, 4.69) is 0 Å². The Labute approximate surface area is 169 Å². The maximum Gasteiger partial charge on any atom is 0.331 e. The number of benzene rings is 2. The molecule has 2 aliphatic rings. The highest BCUT2D eigenvalue weighted by atomic mass is 32.2. The zero-order valence-electron chi connectivity index (χ0n) is 16.1. The lowest BCUT2D eigenvalue weighted by Gasteiger charge is -2.41. The summed E-state index contributed by atoms with van der Waals surface area (Å²) in [6, 6.07) is 15.9. The number of carbonyl (C=O) groups is 2. The highest BCUT2D eigenvalue weighted by Gasteiger charge is 2.71. The minimum atomic E-state index is -3.83. The molecular formula is C21H22N2O5S. The van der Waals surface area contributed by atoms with Crippen LogP contribution in [0.2, 0.25) is 0 Å². The van der Waals surface area contributed by atoms with Gasteiger partial charge in [-0.2, -0.15) is 0 Å². The third-order valence-corrected chi connectivity index (χ3v) is 8.62. The van der Waals surface area contributed by atoms with Gasteiger partial charge in [-0.25, -0.2) is 13.2 Å². The Hall–Kier alpha value is -2.71. The number of nitrogens with two attached hydrogens (primary N) is 1. The summed E-state index contributed by atoms with van der Waals surface area (Å²) in [5.41, 5.74) is 7.22. The second kappa shape index (κ2) is 6.67. The predicted molar refractivity (Wildman–Crippen MR) is 106 cm³/mol. The topological polar surface area (TPSA) is 107 Å². The van der Waals surface area contributed by atoms with Crippen LogP contribution >= 0.6 is 0 Å². The van der Waals surface area contributed by atoms with Crippen LogP contribution in [0.5, 0.6) is 0 Å². The molecule has 0 unspecified atom stereocenters. The number of hydrogen-bond acceptors (Lipinski definition) is 6. The van der Waals surface area contributed by atoms with Gasteiger partial charge in [-0.1, -0.05) is 60.7 Å². The number of β-lactam (4-membered cyclic amide) rings is 1. The normalized spacial score (nSPS) is 26.7. The highest BCUT2D eigenvalue weighted by molar-refractivity contribution is 7.94. The van der Waals surface area contributed by atoms with E-state index >= 15 is 0 Å². The average Bonchev–Trinajstić information content (AvgIpc) is 2.87. The fourth-order valence-electron chi connectivity index (χ4n) is 4.09. The van der Waals surface area contributed by atoms with Crippen molar-refractivity contribution in [1.29, 1.82) is 0 Å². The molecule has 4 rings (SSSR count). The van der Waals surface area contributed by atoms with Crippen LogP contribution in [-0.2, 0) is 24.2 Å². The molecule has 2 aromatic rings. The Balaban J connectivity index is 1.71. The van der Waals surface area contributed by atoms with Crippen molar-refractivity contribution in [2.45, 2.75) is 42.2 Å². The first-order valence-corrected chi connectivity index (χ1v) is 10.8. The van der Waals surface area contributed by atoms with Crippen molar-refractivity contribution >= 4 is 21.7 Å². The molecule has 1 amide bonds. The maximum atomic E-state index is 13.2. The van der Waals surface area contributed by atoms with Crippen molar-refractivity contribution in [3.63, 3.8) is 0 Å². The van der Waals surface area contributed by atoms with E-state index < -0.39 is 50.0 Å². The molecule has 0 bridgehead atoms. The number of carbonyl (C=O) groups excluding carboxylic acids is 2. The zero-order valence-corrected chi connectivity index (χ0v) is 16.9. The fourth-order valence-corrected chi connectivity index (χ4v) is 6.26. The Morgan fingerprint density at radius 3 is 2.00 bits per heavy atom. The van der Waals surface area contributed by atoms with E-state index in [1.54, 1.807) is 0 Å². The predicted octanol–water partition coefficient (Wildman–Crippen LogP) is 1.39. The van der Waals surface area contributed by atoms with Gasteiger partial charge < -0.3 is 15.4 Å². The van der Waals surface area contributed by atoms with Gasteiger partial charge in [0.05, 0.1) is 0 Å². The summed E-state index contributed by atoms with van der Waals surface area (Å²) < 4.78 is 30.1. The Kier molecular flexibility index (Phi) is 4.51. The lowest BCUT2D eigenvalue weighted by Crippen LogP contribution is -2.70. The van der Waals surface area contributed by atoms with Crippen LogP contribution in [-0.4, -0.2) is 47.4 Å². The van der Waals surface area contributed by atoms with Gasteiger partial charge in [-0.3, -0.25) is 4.79 Å². The zero-order chi connectivity index (χ0) is 21.0. The number of esters is 1. The average molecular weight is 414 g/mol. The van der Waals surface area contributed by atoms with E-state index in [4.69, 9.17) is 10.5 Å². The van der Waals surface area contributed by atoms with Crippen molar-refractivity contribution in [3.05, 3.63) is 71.8 Å². The summed E-state index contributed by atoms with van der Waals surface area (Å²) in [4.78, 5) is 26.6. The summed E-state index contributed by atoms with van der Waals surface area (Å²) in [6.45, 7) is 2.87. The van der Waals surface area contributed by atoms with Crippen LogP contribution in [0.1, 0.15) is 31.1 Å². The Bertz CT molecular complexity index is 1010. The van der Waals surface area contributed by atoms with Crippen LogP contribution in [0.3, 0.4) is 0 Å². The van der Waals surface area contributed by atoms with E-state index in [1.165, 1.54) is 13.8 Å². The molecule has 0 aliphatic carbocycles. The molecule has 0 saturated carbocycles. The quantitative estimate of drug-likeness (QED) is 0.599. The second-order valence-electron chi connectivity index (χ2n) is 7.85. The summed E-state index contributed by atoms with van der Waals surface area (Å²) >= 11 is 0. The van der Waals surface area contributed by atoms with Crippen LogP contribution < -0.4 is 5.73 Å². The van der Waals surface area contributed by atoms with Gasteiger partial charge in [-0.15, -0.1) is 0 Å². The molecule has 2 aromatic carbocycles. The summed E-state index contributed by atoms with van der Waals surface area (Å²) in [7, 11) is -3.83. The summed E-state index contributed by atoms with van der Waals surface area (Å²) in [5, 5.41) is -1.19. The molecule has 29 heavy (non-hydrogen) atoms. The van der Waals surface area contributed by atoms with Gasteiger partial charge >= 0.3 is 5.97 Å². The summed E-state index contributed by atoms with van der Waals surface area (Å²) in [6.07, 6.45) is -0.729. The van der Waals surface area contributed by atoms with Gasteiger partial charge in [0.2, 0.25) is 5.91 Å². The maximum absolute atomic E-state index is 13.2. The van der Waals surface area contributed by atoms with Crippen molar-refractivity contribution in [1.82, 2.24) is 4.90 Å². The first-order valence-electron chi connectivity index (χ1n) is 9.29. The minimum Gasteiger partial charge on any atom is -0.451 e. The minimum absolute atomic E-state index is 0.554. The first-order chi connectivity index (χ1) is 13.7. The van der Waals surface area contributed by atoms with Gasteiger partial charge in [0.1, 0.15) is 16.8 Å². The Morgan fingerprint density at radius 1 is 1.03 bits per heavy atom. The fraction of sp³-hybridized carbons (Fsp3) is 0.333. The molecule has 152 valence electrons. The number of hydrogen-bond donors (Lipinski definition) is 1. The second-order valence-corrected chi connectivity index (χ2v) is 10.5. The number of sulfone groups is 1. The van der Waals surface area contributed by atoms with Gasteiger partial charge in [0.25, 0.3) is 0 Å². The standard InChI is InChI=1S/C21H22N2O5S/c1-21(2)17(23-18(24)15(22)19(23)29(21,26)27)20(25)28-16(13-9-5-3-6-10-13)14-11-7-4-8-12-14/h3-12,15-17,19H,22H2,1-2H3/t15-,17+,19-/m1/s1. The number of rotatable bonds is 4. The molecule has 0 aromatic heterocycles. The number of nitrogens with zero attached hydrogens (tertiary/aromatic N) is 1. The Morgan fingerprint density at radius 2 is 1.52 bits per heavy atom. The van der Waals surface area contributed by atoms with E-state index in [1.807, 2.05) is 60.7 Å². The van der Waals surface area contributed by atoms with Gasteiger partial charge in [0.15, 0.2) is 21.3 Å². The van der Waals surface area contributed by atoms with Crippen LogP contribution in [0.4, 0.5) is 0 Å². The molecule has 0 radical (unpaired) electrons. The molecule has 0 spiro atoms. The number of ether oxygens (including phenoxy) is 1. The van der Waals surface area contributed by atoms with Gasteiger partial charge in [-0.05, 0) is 25.0 Å². The third kappa shape index (κ3) is 2.78. The van der Waals surface area contributed by atoms with E-state index in [0.717, 1.165) is 16.0 Å². The molecule has 3 atom stereocenters. The van der Waals surface area contributed by atoms with Crippen molar-refractivity contribution in [2.75, 3.05) is 0 Å². The van der Waals surface area contributed by atoms with Crippen LogP contribution in [0.25, 0.3) is 0 Å². The molecule has 2 heterocycles. The number of amides is 1. The lowest BCUT2D eigenvalue weighted by atomic mass is 9.96. The van der Waals surface area contributed by atoms with Crippen LogP contribution in [0.15, 0.2) is 60.7 Å². The summed E-state index contributed by atoms with van der Waals surface area (Å²) in [5.74, 6) is -1.32. The molecular weight excluding hydrogens is 392 g/mol. The van der Waals surface area contributed by atoms with Crippen molar-refractivity contribution in [3.8, 4) is 0 Å². The van der Waals surface area contributed by atoms with Crippen molar-refractivity contribution in [2.24, 2.45) is 5.73 Å². The molecule has 2 N–H and O–H groups in total. The highest BCUT2D eigenvalue weighted by Crippen LogP contribution is 2.46. The molecule has 7 nitrogen and oxygen atoms in total. The van der Waals surface area contributed by atoms with E-state index in [0.29, 0.717) is 0 Å². The molecule has 2 saturated heterocycles. The number of fused-ring (bicyclic) bond motifs is 1. The third-order valence-electron chi connectivity index (χ3n) is 5.77. The molecule has 2 fully saturated rings. The molecule has 2 aliphatic heterocycles. The first kappa shape index (κ1) is 19.6. The smallest absolute Gasteiger partial charge is 0.331 e. The van der Waals surface area contributed by atoms with Crippen LogP contribution in [0, 0.1) is 0 Å².